The summed E-state index contributed by atoms with van der Waals surface area (Å²) in [6, 6.07) is 7.18. The van der Waals surface area contributed by atoms with Gasteiger partial charge in [0.25, 0.3) is 0 Å². The highest BCUT2D eigenvalue weighted by Gasteiger charge is 2.27. The van der Waals surface area contributed by atoms with Crippen LogP contribution in [0, 0.1) is 19.7 Å². The Morgan fingerprint density at radius 2 is 2.06 bits per heavy atom. The van der Waals surface area contributed by atoms with Gasteiger partial charge in [0.15, 0.2) is 17.4 Å². The third-order valence-electron chi connectivity index (χ3n) is 6.03. The normalized spacial score (nSPS) is 15.7. The Bertz CT molecular complexity index is 1340. The van der Waals surface area contributed by atoms with Gasteiger partial charge >= 0.3 is 0 Å². The van der Waals surface area contributed by atoms with E-state index >= 15 is 0 Å². The SMILES string of the molecule is COc1cc(C=Cc2nc3n(n2)CCC[C@@H]3c2cccc(F)c2C)cnc1-n1cnc(C)c1. The number of aryl methyl sites for hydroxylation is 2. The van der Waals surface area contributed by atoms with Crippen LogP contribution in [0.2, 0.25) is 0 Å². The summed E-state index contributed by atoms with van der Waals surface area (Å²) in [5.74, 6) is 2.70. The van der Waals surface area contributed by atoms with Crippen LogP contribution >= 0.6 is 0 Å². The molecule has 0 radical (unpaired) electrons. The largest absolute Gasteiger partial charge is 0.493 e. The number of benzene rings is 1. The van der Waals surface area contributed by atoms with Gasteiger partial charge in [-0.25, -0.2) is 24.0 Å². The zero-order valence-electron chi connectivity index (χ0n) is 18.9. The Balaban J connectivity index is 1.42. The summed E-state index contributed by atoms with van der Waals surface area (Å²) >= 11 is 0. The van der Waals surface area contributed by atoms with Gasteiger partial charge in [0, 0.05) is 24.9 Å². The van der Waals surface area contributed by atoms with Crippen LogP contribution in [0.3, 0.4) is 0 Å². The standard InChI is InChI=1S/C25H25FN6O/c1-16-14-31(15-28-16)25-22(33-3)12-18(13-27-25)9-10-23-29-24-20(7-5-11-32(24)30-23)19-6-4-8-21(26)17(19)2/h4,6,8-10,12-15,20H,5,7,11H2,1-3H3/t20-/m1/s1. The number of rotatable bonds is 5. The summed E-state index contributed by atoms with van der Waals surface area (Å²) in [6.45, 7) is 4.57. The quantitative estimate of drug-likeness (QED) is 0.446. The molecule has 0 saturated carbocycles. The molecule has 0 bridgehead atoms. The molecule has 0 spiro atoms. The zero-order chi connectivity index (χ0) is 22.9. The van der Waals surface area contributed by atoms with Crippen molar-refractivity contribution < 1.29 is 9.13 Å². The predicted octanol–water partition coefficient (Wildman–Crippen LogP) is 4.72. The number of aromatic nitrogens is 6. The van der Waals surface area contributed by atoms with Gasteiger partial charge in [-0.3, -0.25) is 4.57 Å². The Morgan fingerprint density at radius 1 is 1.18 bits per heavy atom. The molecule has 5 rings (SSSR count). The minimum absolute atomic E-state index is 0.0452. The first-order chi connectivity index (χ1) is 16.0. The maximum atomic E-state index is 14.1. The first-order valence-corrected chi connectivity index (χ1v) is 11.0. The van der Waals surface area contributed by atoms with E-state index in [0.29, 0.717) is 23.0 Å². The van der Waals surface area contributed by atoms with Gasteiger partial charge in [-0.1, -0.05) is 12.1 Å². The predicted molar refractivity (Wildman–Crippen MR) is 124 cm³/mol. The molecule has 1 aromatic carbocycles. The van der Waals surface area contributed by atoms with E-state index < -0.39 is 0 Å². The highest BCUT2D eigenvalue weighted by Crippen LogP contribution is 2.34. The zero-order valence-corrected chi connectivity index (χ0v) is 18.9. The molecule has 0 fully saturated rings. The summed E-state index contributed by atoms with van der Waals surface area (Å²) in [5, 5.41) is 4.67. The van der Waals surface area contributed by atoms with E-state index in [1.807, 2.05) is 53.6 Å². The van der Waals surface area contributed by atoms with Crippen molar-refractivity contribution >= 4 is 12.2 Å². The second-order valence-electron chi connectivity index (χ2n) is 8.25. The molecular weight excluding hydrogens is 419 g/mol. The molecule has 1 aliphatic rings. The number of hydrogen-bond acceptors (Lipinski definition) is 5. The van der Waals surface area contributed by atoms with Crippen LogP contribution in [0.1, 0.15) is 52.8 Å². The van der Waals surface area contributed by atoms with Crippen molar-refractivity contribution in [3.05, 3.63) is 82.8 Å². The Labute approximate surface area is 191 Å². The van der Waals surface area contributed by atoms with E-state index in [1.165, 1.54) is 6.07 Å². The Hall–Kier alpha value is -3.81. The van der Waals surface area contributed by atoms with Crippen LogP contribution < -0.4 is 4.74 Å². The van der Waals surface area contributed by atoms with Crippen molar-refractivity contribution in [3.8, 4) is 11.6 Å². The second kappa shape index (κ2) is 8.61. The van der Waals surface area contributed by atoms with Crippen molar-refractivity contribution in [1.29, 1.82) is 0 Å². The van der Waals surface area contributed by atoms with E-state index in [9.17, 15) is 4.39 Å². The van der Waals surface area contributed by atoms with Gasteiger partial charge in [-0.2, -0.15) is 5.10 Å². The number of methoxy groups -OCH3 is 1. The molecule has 0 saturated heterocycles. The molecule has 7 nitrogen and oxygen atoms in total. The molecule has 0 unspecified atom stereocenters. The maximum absolute atomic E-state index is 14.1. The van der Waals surface area contributed by atoms with E-state index in [4.69, 9.17) is 9.72 Å². The smallest absolute Gasteiger partial charge is 0.180 e. The van der Waals surface area contributed by atoms with Crippen LogP contribution in [0.4, 0.5) is 4.39 Å². The molecule has 0 aliphatic carbocycles. The summed E-state index contributed by atoms with van der Waals surface area (Å²) < 4.78 is 23.5. The van der Waals surface area contributed by atoms with Crippen LogP contribution in [-0.4, -0.2) is 36.4 Å². The molecule has 4 aromatic rings. The minimum atomic E-state index is -0.181. The highest BCUT2D eigenvalue weighted by molar-refractivity contribution is 5.67. The van der Waals surface area contributed by atoms with E-state index in [1.54, 1.807) is 25.7 Å². The minimum Gasteiger partial charge on any atom is -0.493 e. The summed E-state index contributed by atoms with van der Waals surface area (Å²) in [5.41, 5.74) is 3.45. The topological polar surface area (TPSA) is 70.7 Å². The van der Waals surface area contributed by atoms with E-state index in [-0.39, 0.29) is 11.7 Å². The lowest BCUT2D eigenvalue weighted by molar-refractivity contribution is 0.410. The van der Waals surface area contributed by atoms with Gasteiger partial charge < -0.3 is 4.74 Å². The molecule has 1 aliphatic heterocycles. The first-order valence-electron chi connectivity index (χ1n) is 11.0. The lowest BCUT2D eigenvalue weighted by Gasteiger charge is -2.23. The number of fused-ring (bicyclic) bond motifs is 1. The number of imidazole rings is 1. The average Bonchev–Trinajstić information content (AvgIpc) is 3.45. The lowest BCUT2D eigenvalue weighted by Crippen LogP contribution is -2.18. The Kier molecular flexibility index (Phi) is 5.50. The lowest BCUT2D eigenvalue weighted by atomic mass is 9.88. The second-order valence-corrected chi connectivity index (χ2v) is 8.25. The fourth-order valence-electron chi connectivity index (χ4n) is 4.33. The van der Waals surface area contributed by atoms with Crippen LogP contribution in [-0.2, 0) is 6.54 Å². The molecule has 4 heterocycles. The van der Waals surface area contributed by atoms with Gasteiger partial charge in [-0.15, -0.1) is 0 Å². The van der Waals surface area contributed by atoms with Crippen LogP contribution in [0.15, 0.2) is 43.0 Å². The van der Waals surface area contributed by atoms with Gasteiger partial charge in [0.05, 0.1) is 12.8 Å². The molecular formula is C25H25FN6O. The van der Waals surface area contributed by atoms with Crippen molar-refractivity contribution in [2.24, 2.45) is 0 Å². The van der Waals surface area contributed by atoms with Crippen molar-refractivity contribution in [1.82, 2.24) is 29.3 Å². The monoisotopic (exact) mass is 444 g/mol. The van der Waals surface area contributed by atoms with Crippen molar-refractivity contribution in [2.45, 2.75) is 39.2 Å². The van der Waals surface area contributed by atoms with Gasteiger partial charge in [0.1, 0.15) is 18.0 Å². The summed E-state index contributed by atoms with van der Waals surface area (Å²) in [4.78, 5) is 13.6. The van der Waals surface area contributed by atoms with Crippen molar-refractivity contribution in [3.63, 3.8) is 0 Å². The summed E-state index contributed by atoms with van der Waals surface area (Å²) in [6.07, 6.45) is 11.1. The van der Waals surface area contributed by atoms with E-state index in [2.05, 4.69) is 15.1 Å². The first kappa shape index (κ1) is 21.1. The molecule has 0 N–H and O–H groups in total. The third-order valence-corrected chi connectivity index (χ3v) is 6.03. The van der Waals surface area contributed by atoms with Crippen LogP contribution in [0.5, 0.6) is 5.75 Å². The highest BCUT2D eigenvalue weighted by atomic mass is 19.1. The average molecular weight is 445 g/mol. The molecule has 1 atom stereocenters. The van der Waals surface area contributed by atoms with Crippen molar-refractivity contribution in [2.75, 3.05) is 7.11 Å². The molecule has 33 heavy (non-hydrogen) atoms. The fourth-order valence-corrected chi connectivity index (χ4v) is 4.33. The van der Waals surface area contributed by atoms with Gasteiger partial charge in [0.2, 0.25) is 0 Å². The number of hydrogen-bond donors (Lipinski definition) is 0. The van der Waals surface area contributed by atoms with E-state index in [0.717, 1.165) is 42.0 Å². The number of halogens is 1. The summed E-state index contributed by atoms with van der Waals surface area (Å²) in [7, 11) is 1.62. The number of pyridine rings is 1. The maximum Gasteiger partial charge on any atom is 0.180 e. The molecule has 0 amide bonds. The number of ether oxygens (including phenoxy) is 1. The number of nitrogens with zero attached hydrogens (tertiary/aromatic N) is 6. The van der Waals surface area contributed by atoms with Crippen LogP contribution in [0.25, 0.3) is 18.0 Å². The molecule has 168 valence electrons. The fraction of sp³-hybridized carbons (Fsp3) is 0.280. The van der Waals surface area contributed by atoms with Gasteiger partial charge in [-0.05, 0) is 67.7 Å². The third kappa shape index (κ3) is 4.04. The molecule has 8 heteroatoms. The molecule has 3 aromatic heterocycles. The Morgan fingerprint density at radius 3 is 2.85 bits per heavy atom.